The third kappa shape index (κ3) is 4.32. The van der Waals surface area contributed by atoms with Crippen molar-refractivity contribution in [2.45, 2.75) is 26.2 Å². The van der Waals surface area contributed by atoms with Gasteiger partial charge in [0.1, 0.15) is 17.2 Å². The summed E-state index contributed by atoms with van der Waals surface area (Å²) in [6, 6.07) is 11.8. The van der Waals surface area contributed by atoms with E-state index in [1.54, 1.807) is 4.90 Å². The molecule has 1 spiro atoms. The van der Waals surface area contributed by atoms with Gasteiger partial charge in [0.2, 0.25) is 0 Å². The Bertz CT molecular complexity index is 1060. The van der Waals surface area contributed by atoms with Gasteiger partial charge in [-0.1, -0.05) is 30.2 Å². The minimum atomic E-state index is -0.831. The van der Waals surface area contributed by atoms with E-state index in [1.165, 1.54) is 17.9 Å². The summed E-state index contributed by atoms with van der Waals surface area (Å²) in [7, 11) is 0. The third-order valence-corrected chi connectivity index (χ3v) is 6.42. The lowest BCUT2D eigenvalue weighted by molar-refractivity contribution is -0.124. The Kier molecular flexibility index (Phi) is 5.77. The summed E-state index contributed by atoms with van der Waals surface area (Å²) in [5.41, 5.74) is 0.507. The average Bonchev–Trinajstić information content (AvgIpc) is 3.19. The maximum Gasteiger partial charge on any atom is 0.298 e. The number of amides is 2. The summed E-state index contributed by atoms with van der Waals surface area (Å²) < 4.78 is 28.5. The maximum absolute atomic E-state index is 14.4. The van der Waals surface area contributed by atoms with Crippen LogP contribution in [0.25, 0.3) is 0 Å². The Hall–Kier alpha value is -3.20. The molecule has 6 heteroatoms. The molecule has 2 saturated heterocycles. The molecule has 2 aliphatic rings. The van der Waals surface area contributed by atoms with E-state index in [0.29, 0.717) is 39.0 Å². The van der Waals surface area contributed by atoms with Crippen molar-refractivity contribution in [3.63, 3.8) is 0 Å². The average molecular weight is 422 g/mol. The summed E-state index contributed by atoms with van der Waals surface area (Å²) in [6.07, 6.45) is 2.24. The quantitative estimate of drug-likeness (QED) is 0.657. The van der Waals surface area contributed by atoms with Crippen LogP contribution in [0.15, 0.2) is 42.5 Å². The molecule has 2 fully saturated rings. The van der Waals surface area contributed by atoms with Crippen molar-refractivity contribution in [3.05, 3.63) is 70.8 Å². The van der Waals surface area contributed by atoms with Crippen molar-refractivity contribution in [1.82, 2.24) is 9.80 Å². The first-order valence-electron chi connectivity index (χ1n) is 10.5. The number of rotatable bonds is 1. The normalized spacial score (nSPS) is 17.4. The van der Waals surface area contributed by atoms with Gasteiger partial charge >= 0.3 is 0 Å². The smallest absolute Gasteiger partial charge is 0.298 e. The highest BCUT2D eigenvalue weighted by Gasteiger charge is 2.43. The van der Waals surface area contributed by atoms with Crippen molar-refractivity contribution in [2.75, 3.05) is 26.2 Å². The summed E-state index contributed by atoms with van der Waals surface area (Å²) in [5, 5.41) is 0. The lowest BCUT2D eigenvalue weighted by Gasteiger charge is -2.39. The highest BCUT2D eigenvalue weighted by molar-refractivity contribution is 5.95. The molecule has 160 valence electrons. The fraction of sp³-hybridized carbons (Fsp3) is 0.360. The standard InChI is InChI=1S/C25H24F2N2O2/c1-18-7-9-20(26)22(23(18)27)24(31)28-14-11-25(12-15-28)13-16-29(17-25)21(30)10-8-19-5-3-2-4-6-19/h2-7,9H,11-17H2,1H3. The van der Waals surface area contributed by atoms with E-state index in [1.807, 2.05) is 30.3 Å². The largest absolute Gasteiger partial charge is 0.338 e. The Morgan fingerprint density at radius 2 is 1.58 bits per heavy atom. The number of nitrogens with zero attached hydrogens (tertiary/aromatic N) is 2. The SMILES string of the molecule is Cc1ccc(F)c(C(=O)N2CCC3(CCN(C(=O)C#Cc4ccccc4)C3)CC2)c1F. The van der Waals surface area contributed by atoms with E-state index in [-0.39, 0.29) is 16.9 Å². The van der Waals surface area contributed by atoms with E-state index in [2.05, 4.69) is 11.8 Å². The summed E-state index contributed by atoms with van der Waals surface area (Å²) >= 11 is 0. The molecular weight excluding hydrogens is 398 g/mol. The Morgan fingerprint density at radius 3 is 2.26 bits per heavy atom. The van der Waals surface area contributed by atoms with Gasteiger partial charge < -0.3 is 9.80 Å². The van der Waals surface area contributed by atoms with Crippen molar-refractivity contribution < 1.29 is 18.4 Å². The molecule has 4 nitrogen and oxygen atoms in total. The number of carbonyl (C=O) groups is 2. The van der Waals surface area contributed by atoms with Crippen LogP contribution in [0.3, 0.4) is 0 Å². The zero-order valence-electron chi connectivity index (χ0n) is 17.5. The van der Waals surface area contributed by atoms with Crippen LogP contribution < -0.4 is 0 Å². The zero-order chi connectivity index (χ0) is 22.0. The van der Waals surface area contributed by atoms with E-state index >= 15 is 0 Å². The van der Waals surface area contributed by atoms with Crippen molar-refractivity contribution in [3.8, 4) is 11.8 Å². The predicted molar refractivity (Wildman–Crippen MR) is 113 cm³/mol. The van der Waals surface area contributed by atoms with Crippen molar-refractivity contribution in [2.24, 2.45) is 5.41 Å². The first-order chi connectivity index (χ1) is 14.9. The molecule has 0 aliphatic carbocycles. The van der Waals surface area contributed by atoms with E-state index < -0.39 is 23.1 Å². The van der Waals surface area contributed by atoms with Crippen LogP contribution in [-0.4, -0.2) is 47.8 Å². The van der Waals surface area contributed by atoms with Crippen LogP contribution >= 0.6 is 0 Å². The number of carbonyl (C=O) groups excluding carboxylic acids is 2. The first-order valence-corrected chi connectivity index (χ1v) is 10.5. The van der Waals surface area contributed by atoms with Gasteiger partial charge in [-0.2, -0.15) is 0 Å². The highest BCUT2D eigenvalue weighted by Crippen LogP contribution is 2.40. The molecule has 0 unspecified atom stereocenters. The van der Waals surface area contributed by atoms with E-state index in [9.17, 15) is 18.4 Å². The number of benzene rings is 2. The van der Waals surface area contributed by atoms with Crippen LogP contribution in [0, 0.1) is 35.8 Å². The Morgan fingerprint density at radius 1 is 0.935 bits per heavy atom. The van der Waals surface area contributed by atoms with Crippen LogP contribution in [0.5, 0.6) is 0 Å². The van der Waals surface area contributed by atoms with Crippen LogP contribution in [0.1, 0.15) is 40.7 Å². The van der Waals surface area contributed by atoms with Crippen molar-refractivity contribution >= 4 is 11.8 Å². The van der Waals surface area contributed by atoms with Gasteiger partial charge in [-0.15, -0.1) is 0 Å². The molecule has 2 aliphatic heterocycles. The highest BCUT2D eigenvalue weighted by atomic mass is 19.1. The molecule has 31 heavy (non-hydrogen) atoms. The lowest BCUT2D eigenvalue weighted by atomic mass is 9.77. The molecule has 2 heterocycles. The van der Waals surface area contributed by atoms with Gasteiger partial charge in [-0.3, -0.25) is 9.59 Å². The second-order valence-electron chi connectivity index (χ2n) is 8.44. The molecule has 0 saturated carbocycles. The molecule has 2 amide bonds. The number of likely N-dealkylation sites (tertiary alicyclic amines) is 2. The van der Waals surface area contributed by atoms with Gasteiger partial charge in [0.25, 0.3) is 11.8 Å². The van der Waals surface area contributed by atoms with Gasteiger partial charge in [0.05, 0.1) is 0 Å². The fourth-order valence-corrected chi connectivity index (χ4v) is 4.44. The van der Waals surface area contributed by atoms with Gasteiger partial charge in [0, 0.05) is 37.7 Å². The van der Waals surface area contributed by atoms with E-state index in [4.69, 9.17) is 0 Å². The molecule has 4 rings (SSSR count). The van der Waals surface area contributed by atoms with Gasteiger partial charge in [-0.05, 0) is 55.4 Å². The molecule has 0 atom stereocenters. The number of aryl methyl sites for hydroxylation is 1. The summed E-state index contributed by atoms with van der Waals surface area (Å²) in [4.78, 5) is 28.6. The zero-order valence-corrected chi connectivity index (χ0v) is 17.5. The predicted octanol–water partition coefficient (Wildman–Crippen LogP) is 3.78. The van der Waals surface area contributed by atoms with Crippen LogP contribution in [0.2, 0.25) is 0 Å². The lowest BCUT2D eigenvalue weighted by Crippen LogP contribution is -2.45. The summed E-state index contributed by atoms with van der Waals surface area (Å²) in [6.45, 7) is 3.59. The Labute approximate surface area is 180 Å². The molecule has 2 aromatic carbocycles. The first kappa shape index (κ1) is 21.0. The van der Waals surface area contributed by atoms with Crippen LogP contribution in [0.4, 0.5) is 8.78 Å². The molecule has 2 aromatic rings. The molecular formula is C25H24F2N2O2. The molecule has 0 aromatic heterocycles. The van der Waals surface area contributed by atoms with E-state index in [0.717, 1.165) is 18.1 Å². The minimum absolute atomic E-state index is 0.0649. The topological polar surface area (TPSA) is 40.6 Å². The van der Waals surface area contributed by atoms with Crippen LogP contribution in [-0.2, 0) is 4.79 Å². The molecule has 0 bridgehead atoms. The molecule has 0 radical (unpaired) electrons. The van der Waals surface area contributed by atoms with Gasteiger partial charge in [0.15, 0.2) is 0 Å². The fourth-order valence-electron chi connectivity index (χ4n) is 4.44. The number of halogens is 2. The van der Waals surface area contributed by atoms with Gasteiger partial charge in [-0.25, -0.2) is 8.78 Å². The minimum Gasteiger partial charge on any atom is -0.338 e. The second kappa shape index (κ2) is 8.50. The molecule has 0 N–H and O–H groups in total. The third-order valence-electron chi connectivity index (χ3n) is 6.42. The number of hydrogen-bond acceptors (Lipinski definition) is 2. The Balaban J connectivity index is 1.38. The number of piperidine rings is 1. The number of hydrogen-bond donors (Lipinski definition) is 0. The second-order valence-corrected chi connectivity index (χ2v) is 8.44. The monoisotopic (exact) mass is 422 g/mol. The summed E-state index contributed by atoms with van der Waals surface area (Å²) in [5.74, 6) is 3.20. The maximum atomic E-state index is 14.4. The van der Waals surface area contributed by atoms with Crippen molar-refractivity contribution in [1.29, 1.82) is 0 Å².